The highest BCUT2D eigenvalue weighted by Gasteiger charge is 2.30. The normalized spacial score (nSPS) is 23.8. The molecule has 1 saturated heterocycles. The average Bonchev–Trinajstić information content (AvgIpc) is 2.84. The van der Waals surface area contributed by atoms with Crippen LogP contribution in [-0.2, 0) is 11.2 Å². The number of hydrogen-bond acceptors (Lipinski definition) is 2. The quantitative estimate of drug-likeness (QED) is 0.862. The smallest absolute Gasteiger partial charge is 0.0868 e. The zero-order valence-corrected chi connectivity index (χ0v) is 11.8. The first-order chi connectivity index (χ1) is 8.72. The SMILES string of the molecule is CCc1ccccc1C1OCCC1CNC(C)C. The van der Waals surface area contributed by atoms with Crippen LogP contribution in [0.5, 0.6) is 0 Å². The summed E-state index contributed by atoms with van der Waals surface area (Å²) in [5.41, 5.74) is 2.83. The summed E-state index contributed by atoms with van der Waals surface area (Å²) in [7, 11) is 0. The summed E-state index contributed by atoms with van der Waals surface area (Å²) in [6.45, 7) is 8.57. The lowest BCUT2D eigenvalue weighted by atomic mass is 9.91. The van der Waals surface area contributed by atoms with Crippen LogP contribution in [0.4, 0.5) is 0 Å². The summed E-state index contributed by atoms with van der Waals surface area (Å²) >= 11 is 0. The summed E-state index contributed by atoms with van der Waals surface area (Å²) in [5.74, 6) is 0.611. The van der Waals surface area contributed by atoms with Crippen LogP contribution < -0.4 is 5.32 Å². The third-order valence-electron chi connectivity index (χ3n) is 3.75. The maximum absolute atomic E-state index is 5.99. The van der Waals surface area contributed by atoms with E-state index in [1.54, 1.807) is 0 Å². The Morgan fingerprint density at radius 2 is 2.11 bits per heavy atom. The van der Waals surface area contributed by atoms with E-state index in [4.69, 9.17) is 4.74 Å². The molecule has 0 aliphatic carbocycles. The molecule has 1 aromatic rings. The first-order valence-corrected chi connectivity index (χ1v) is 7.15. The van der Waals surface area contributed by atoms with Gasteiger partial charge in [0.1, 0.15) is 0 Å². The van der Waals surface area contributed by atoms with Gasteiger partial charge in [0.2, 0.25) is 0 Å². The minimum Gasteiger partial charge on any atom is -0.373 e. The van der Waals surface area contributed by atoms with Gasteiger partial charge in [0.15, 0.2) is 0 Å². The third-order valence-corrected chi connectivity index (χ3v) is 3.75. The molecule has 0 spiro atoms. The average molecular weight is 247 g/mol. The monoisotopic (exact) mass is 247 g/mol. The second-order valence-corrected chi connectivity index (χ2v) is 5.46. The molecule has 1 aromatic carbocycles. The summed E-state index contributed by atoms with van der Waals surface area (Å²) in [4.78, 5) is 0. The van der Waals surface area contributed by atoms with Gasteiger partial charge in [0.05, 0.1) is 6.10 Å². The fraction of sp³-hybridized carbons (Fsp3) is 0.625. The molecule has 18 heavy (non-hydrogen) atoms. The summed E-state index contributed by atoms with van der Waals surface area (Å²) in [6.07, 6.45) is 2.54. The molecule has 0 saturated carbocycles. The molecule has 100 valence electrons. The van der Waals surface area contributed by atoms with Gasteiger partial charge in [0.25, 0.3) is 0 Å². The molecule has 2 rings (SSSR count). The standard InChI is InChI=1S/C16H25NO/c1-4-13-7-5-6-8-15(13)16-14(9-10-18-16)11-17-12(2)3/h5-8,12,14,16-17H,4,9-11H2,1-3H3. The van der Waals surface area contributed by atoms with Gasteiger partial charge in [-0.2, -0.15) is 0 Å². The topological polar surface area (TPSA) is 21.3 Å². The van der Waals surface area contributed by atoms with Gasteiger partial charge in [-0.1, -0.05) is 45.0 Å². The van der Waals surface area contributed by atoms with Crippen molar-refractivity contribution in [2.75, 3.05) is 13.2 Å². The first-order valence-electron chi connectivity index (χ1n) is 7.15. The molecule has 1 aliphatic heterocycles. The number of aryl methyl sites for hydroxylation is 1. The third kappa shape index (κ3) is 3.12. The van der Waals surface area contributed by atoms with Gasteiger partial charge in [-0.15, -0.1) is 0 Å². The lowest BCUT2D eigenvalue weighted by molar-refractivity contribution is 0.0894. The van der Waals surface area contributed by atoms with Gasteiger partial charge in [-0.3, -0.25) is 0 Å². The minimum atomic E-state index is 0.285. The van der Waals surface area contributed by atoms with Gasteiger partial charge >= 0.3 is 0 Å². The Bertz CT molecular complexity index is 375. The van der Waals surface area contributed by atoms with E-state index in [1.807, 2.05) is 0 Å². The Morgan fingerprint density at radius 1 is 1.33 bits per heavy atom. The van der Waals surface area contributed by atoms with E-state index in [-0.39, 0.29) is 6.10 Å². The summed E-state index contributed by atoms with van der Waals surface area (Å²) in [5, 5.41) is 3.54. The highest BCUT2D eigenvalue weighted by molar-refractivity contribution is 5.30. The largest absolute Gasteiger partial charge is 0.373 e. The molecular weight excluding hydrogens is 222 g/mol. The van der Waals surface area contributed by atoms with E-state index in [0.29, 0.717) is 12.0 Å². The highest BCUT2D eigenvalue weighted by Crippen LogP contribution is 2.35. The Morgan fingerprint density at radius 3 is 2.83 bits per heavy atom. The minimum absolute atomic E-state index is 0.285. The van der Waals surface area contributed by atoms with Crippen molar-refractivity contribution in [3.8, 4) is 0 Å². The van der Waals surface area contributed by atoms with Crippen molar-refractivity contribution < 1.29 is 4.74 Å². The van der Waals surface area contributed by atoms with Crippen molar-refractivity contribution >= 4 is 0 Å². The molecule has 1 aliphatic rings. The van der Waals surface area contributed by atoms with Crippen molar-refractivity contribution in [3.63, 3.8) is 0 Å². The zero-order chi connectivity index (χ0) is 13.0. The fourth-order valence-corrected chi connectivity index (χ4v) is 2.71. The van der Waals surface area contributed by atoms with Crippen LogP contribution in [0.3, 0.4) is 0 Å². The molecule has 2 atom stereocenters. The predicted molar refractivity (Wildman–Crippen MR) is 75.8 cm³/mol. The molecule has 1 heterocycles. The maximum Gasteiger partial charge on any atom is 0.0868 e. The number of ether oxygens (including phenoxy) is 1. The number of hydrogen-bond donors (Lipinski definition) is 1. The molecule has 2 nitrogen and oxygen atoms in total. The van der Waals surface area contributed by atoms with Crippen molar-refractivity contribution in [2.45, 2.75) is 45.8 Å². The van der Waals surface area contributed by atoms with Gasteiger partial charge in [0, 0.05) is 25.1 Å². The molecule has 1 N–H and O–H groups in total. The van der Waals surface area contributed by atoms with E-state index in [9.17, 15) is 0 Å². The van der Waals surface area contributed by atoms with Gasteiger partial charge in [-0.05, 0) is 24.0 Å². The van der Waals surface area contributed by atoms with E-state index >= 15 is 0 Å². The second kappa shape index (κ2) is 6.35. The molecular formula is C16H25NO. The van der Waals surface area contributed by atoms with Crippen LogP contribution >= 0.6 is 0 Å². The predicted octanol–water partition coefficient (Wildman–Crippen LogP) is 3.32. The van der Waals surface area contributed by atoms with Crippen LogP contribution in [0.2, 0.25) is 0 Å². The van der Waals surface area contributed by atoms with Crippen LogP contribution in [0, 0.1) is 5.92 Å². The number of benzene rings is 1. The van der Waals surface area contributed by atoms with Gasteiger partial charge in [-0.25, -0.2) is 0 Å². The molecule has 2 heteroatoms. The zero-order valence-electron chi connectivity index (χ0n) is 11.8. The Balaban J connectivity index is 2.10. The molecule has 0 aromatic heterocycles. The Kier molecular flexibility index (Phi) is 4.79. The fourth-order valence-electron chi connectivity index (χ4n) is 2.71. The highest BCUT2D eigenvalue weighted by atomic mass is 16.5. The summed E-state index contributed by atoms with van der Waals surface area (Å²) < 4.78 is 5.99. The molecule has 0 bridgehead atoms. The van der Waals surface area contributed by atoms with Crippen molar-refractivity contribution in [3.05, 3.63) is 35.4 Å². The lowest BCUT2D eigenvalue weighted by Crippen LogP contribution is -2.30. The second-order valence-electron chi connectivity index (χ2n) is 5.46. The number of rotatable bonds is 5. The maximum atomic E-state index is 5.99. The molecule has 1 fully saturated rings. The van der Waals surface area contributed by atoms with Gasteiger partial charge < -0.3 is 10.1 Å². The lowest BCUT2D eigenvalue weighted by Gasteiger charge is -2.22. The first kappa shape index (κ1) is 13.6. The van der Waals surface area contributed by atoms with Crippen LogP contribution in [0.1, 0.15) is 44.4 Å². The van der Waals surface area contributed by atoms with Crippen LogP contribution in [0.25, 0.3) is 0 Å². The molecule has 0 amide bonds. The van der Waals surface area contributed by atoms with E-state index in [2.05, 4.69) is 50.4 Å². The van der Waals surface area contributed by atoms with Crippen LogP contribution in [-0.4, -0.2) is 19.2 Å². The van der Waals surface area contributed by atoms with E-state index in [1.165, 1.54) is 17.5 Å². The summed E-state index contributed by atoms with van der Waals surface area (Å²) in [6, 6.07) is 9.26. The van der Waals surface area contributed by atoms with Crippen molar-refractivity contribution in [1.29, 1.82) is 0 Å². The van der Waals surface area contributed by atoms with E-state index in [0.717, 1.165) is 19.6 Å². The van der Waals surface area contributed by atoms with Crippen molar-refractivity contribution in [1.82, 2.24) is 5.32 Å². The Labute approximate surface area is 111 Å². The van der Waals surface area contributed by atoms with Crippen molar-refractivity contribution in [2.24, 2.45) is 5.92 Å². The van der Waals surface area contributed by atoms with E-state index < -0.39 is 0 Å². The van der Waals surface area contributed by atoms with Crippen LogP contribution in [0.15, 0.2) is 24.3 Å². The Hall–Kier alpha value is -0.860. The molecule has 0 radical (unpaired) electrons. The molecule has 2 unspecified atom stereocenters. The number of nitrogens with one attached hydrogen (secondary N) is 1.